The molecule has 2 aliphatic rings. The zero-order valence-electron chi connectivity index (χ0n) is 18.9. The van der Waals surface area contributed by atoms with Gasteiger partial charge in [-0.2, -0.15) is 18.4 Å². The minimum Gasteiger partial charge on any atom is -0.472 e. The SMILES string of the molecule is CN(C)C(=O)C1CC2(CCN(C(=O)c3ccoc3)CC2)CN1c1ccc(C#N)c(C(F)(F)F)c1. The Bertz CT molecular complexity index is 1110. The maximum Gasteiger partial charge on any atom is 0.417 e. The van der Waals surface area contributed by atoms with Gasteiger partial charge in [0.15, 0.2) is 0 Å². The lowest BCUT2D eigenvalue weighted by Gasteiger charge is -2.39. The van der Waals surface area contributed by atoms with E-state index in [0.29, 0.717) is 44.5 Å². The zero-order valence-corrected chi connectivity index (χ0v) is 18.9. The third-order valence-electron chi connectivity index (χ3n) is 6.87. The molecule has 2 amide bonds. The van der Waals surface area contributed by atoms with Crippen LogP contribution in [0.4, 0.5) is 18.9 Å². The molecule has 10 heteroatoms. The van der Waals surface area contributed by atoms with Crippen molar-refractivity contribution in [2.45, 2.75) is 31.5 Å². The van der Waals surface area contributed by atoms with Crippen LogP contribution in [0.3, 0.4) is 0 Å². The van der Waals surface area contributed by atoms with Crippen molar-refractivity contribution < 1.29 is 27.2 Å². The maximum atomic E-state index is 13.6. The molecular weight excluding hydrogens is 449 g/mol. The number of furan rings is 1. The number of benzene rings is 1. The summed E-state index contributed by atoms with van der Waals surface area (Å²) in [5, 5.41) is 9.13. The van der Waals surface area contributed by atoms with E-state index in [4.69, 9.17) is 9.68 Å². The minimum atomic E-state index is -4.68. The third-order valence-corrected chi connectivity index (χ3v) is 6.87. The second-order valence-electron chi connectivity index (χ2n) is 9.22. The first-order valence-electron chi connectivity index (χ1n) is 11.0. The van der Waals surface area contributed by atoms with Crippen LogP contribution in [0.15, 0.2) is 41.2 Å². The number of amides is 2. The molecule has 0 bridgehead atoms. The second kappa shape index (κ2) is 8.70. The quantitative estimate of drug-likeness (QED) is 0.677. The van der Waals surface area contributed by atoms with Crippen molar-refractivity contribution >= 4 is 17.5 Å². The van der Waals surface area contributed by atoms with Gasteiger partial charge in [-0.05, 0) is 48.9 Å². The van der Waals surface area contributed by atoms with Crippen molar-refractivity contribution in [3.05, 3.63) is 53.5 Å². The van der Waals surface area contributed by atoms with E-state index >= 15 is 0 Å². The number of hydrogen-bond acceptors (Lipinski definition) is 5. The number of nitrogens with zero attached hydrogens (tertiary/aromatic N) is 4. The smallest absolute Gasteiger partial charge is 0.417 e. The number of likely N-dealkylation sites (tertiary alicyclic amines) is 1. The summed E-state index contributed by atoms with van der Waals surface area (Å²) in [6.45, 7) is 1.37. The highest BCUT2D eigenvalue weighted by atomic mass is 19.4. The average molecular weight is 474 g/mol. The van der Waals surface area contributed by atoms with E-state index in [9.17, 15) is 22.8 Å². The van der Waals surface area contributed by atoms with Crippen LogP contribution in [-0.2, 0) is 11.0 Å². The lowest BCUT2D eigenvalue weighted by Crippen LogP contribution is -2.44. The molecule has 1 spiro atoms. The molecule has 1 aromatic carbocycles. The van der Waals surface area contributed by atoms with E-state index in [1.807, 2.05) is 0 Å². The summed E-state index contributed by atoms with van der Waals surface area (Å²) >= 11 is 0. The van der Waals surface area contributed by atoms with E-state index in [-0.39, 0.29) is 22.9 Å². The summed E-state index contributed by atoms with van der Waals surface area (Å²) in [6.07, 6.45) is -0.0897. The highest BCUT2D eigenvalue weighted by molar-refractivity contribution is 5.94. The van der Waals surface area contributed by atoms with Crippen molar-refractivity contribution in [3.63, 3.8) is 0 Å². The average Bonchev–Trinajstić information content (AvgIpc) is 3.46. The van der Waals surface area contributed by atoms with Gasteiger partial charge in [-0.25, -0.2) is 0 Å². The van der Waals surface area contributed by atoms with Crippen molar-refractivity contribution in [1.29, 1.82) is 5.26 Å². The van der Waals surface area contributed by atoms with Crippen LogP contribution in [-0.4, -0.2) is 61.4 Å². The molecular formula is C24H25F3N4O3. The summed E-state index contributed by atoms with van der Waals surface area (Å²) in [5.74, 6) is -0.312. The monoisotopic (exact) mass is 474 g/mol. The van der Waals surface area contributed by atoms with Crippen molar-refractivity contribution in [2.75, 3.05) is 38.6 Å². The lowest BCUT2D eigenvalue weighted by atomic mass is 9.76. The topological polar surface area (TPSA) is 80.8 Å². The molecule has 0 aliphatic carbocycles. The Morgan fingerprint density at radius 1 is 1.21 bits per heavy atom. The number of piperidine rings is 1. The number of alkyl halides is 3. The van der Waals surface area contributed by atoms with E-state index in [0.717, 1.165) is 12.1 Å². The van der Waals surface area contributed by atoms with Gasteiger partial charge in [0, 0.05) is 39.4 Å². The predicted octanol–water partition coefficient (Wildman–Crippen LogP) is 3.76. The van der Waals surface area contributed by atoms with Gasteiger partial charge in [0.25, 0.3) is 5.91 Å². The van der Waals surface area contributed by atoms with Gasteiger partial charge in [-0.3, -0.25) is 9.59 Å². The van der Waals surface area contributed by atoms with Gasteiger partial charge in [-0.15, -0.1) is 0 Å². The van der Waals surface area contributed by atoms with Gasteiger partial charge in [-0.1, -0.05) is 0 Å². The van der Waals surface area contributed by atoms with Gasteiger partial charge in [0.1, 0.15) is 12.3 Å². The molecule has 34 heavy (non-hydrogen) atoms. The first-order valence-corrected chi connectivity index (χ1v) is 11.0. The summed E-state index contributed by atoms with van der Waals surface area (Å²) in [4.78, 5) is 30.6. The van der Waals surface area contributed by atoms with Gasteiger partial charge in [0.05, 0.1) is 29.0 Å². The van der Waals surface area contributed by atoms with Crippen LogP contribution in [0.2, 0.25) is 0 Å². The fourth-order valence-electron chi connectivity index (χ4n) is 5.00. The Balaban J connectivity index is 1.61. The number of anilines is 1. The Morgan fingerprint density at radius 2 is 1.91 bits per heavy atom. The summed E-state index contributed by atoms with van der Waals surface area (Å²) in [5.41, 5.74) is -1.03. The van der Waals surface area contributed by atoms with Crippen molar-refractivity contribution in [3.8, 4) is 6.07 Å². The number of carbonyl (C=O) groups excluding carboxylic acids is 2. The van der Waals surface area contributed by atoms with Crippen LogP contribution in [0.5, 0.6) is 0 Å². The third kappa shape index (κ3) is 4.34. The molecule has 180 valence electrons. The van der Waals surface area contributed by atoms with Crippen LogP contribution in [0, 0.1) is 16.7 Å². The second-order valence-corrected chi connectivity index (χ2v) is 9.22. The van der Waals surface area contributed by atoms with Crippen LogP contribution in [0.1, 0.15) is 40.7 Å². The standard InChI is InChI=1S/C24H25F3N4O3/c1-29(2)22(33)20-12-23(6-8-30(9-7-23)21(32)17-5-10-34-14-17)15-31(20)18-4-3-16(13-28)19(11-18)24(25,26)27/h3-5,10-11,14,20H,6-9,12,15H2,1-2H3. The molecule has 2 aliphatic heterocycles. The highest BCUT2D eigenvalue weighted by Crippen LogP contribution is 2.46. The summed E-state index contributed by atoms with van der Waals surface area (Å²) in [6, 6.07) is 6.18. The molecule has 4 rings (SSSR count). The van der Waals surface area contributed by atoms with Gasteiger partial charge >= 0.3 is 6.18 Å². The normalized spacial score (nSPS) is 19.8. The number of nitriles is 1. The maximum absolute atomic E-state index is 13.6. The van der Waals surface area contributed by atoms with Crippen LogP contribution >= 0.6 is 0 Å². The predicted molar refractivity (Wildman–Crippen MR) is 117 cm³/mol. The lowest BCUT2D eigenvalue weighted by molar-refractivity contribution is -0.137. The zero-order chi connectivity index (χ0) is 24.7. The van der Waals surface area contributed by atoms with Crippen LogP contribution < -0.4 is 4.90 Å². The molecule has 2 fully saturated rings. The van der Waals surface area contributed by atoms with Crippen molar-refractivity contribution in [1.82, 2.24) is 9.80 Å². The molecule has 0 radical (unpaired) electrons. The number of rotatable bonds is 3. The summed E-state index contributed by atoms with van der Waals surface area (Å²) in [7, 11) is 3.25. The highest BCUT2D eigenvalue weighted by Gasteiger charge is 2.49. The molecule has 0 N–H and O–H groups in total. The molecule has 2 saturated heterocycles. The molecule has 1 atom stereocenters. The Hall–Kier alpha value is -3.48. The van der Waals surface area contributed by atoms with E-state index in [1.54, 1.807) is 36.0 Å². The van der Waals surface area contributed by atoms with E-state index in [1.165, 1.54) is 23.5 Å². The van der Waals surface area contributed by atoms with Crippen molar-refractivity contribution in [2.24, 2.45) is 5.41 Å². The minimum absolute atomic E-state index is 0.124. The summed E-state index contributed by atoms with van der Waals surface area (Å²) < 4.78 is 45.7. The Morgan fingerprint density at radius 3 is 2.47 bits per heavy atom. The molecule has 1 aromatic heterocycles. The van der Waals surface area contributed by atoms with Crippen LogP contribution in [0.25, 0.3) is 0 Å². The molecule has 0 saturated carbocycles. The Kier molecular flexibility index (Phi) is 6.06. The number of hydrogen-bond donors (Lipinski definition) is 0. The fourth-order valence-corrected chi connectivity index (χ4v) is 5.00. The fraction of sp³-hybridized carbons (Fsp3) is 0.458. The largest absolute Gasteiger partial charge is 0.472 e. The number of likely N-dealkylation sites (N-methyl/N-ethyl adjacent to an activating group) is 1. The first kappa shape index (κ1) is 23.7. The van der Waals surface area contributed by atoms with E-state index in [2.05, 4.69) is 0 Å². The number of halogens is 3. The van der Waals surface area contributed by atoms with Gasteiger partial charge < -0.3 is 19.1 Å². The molecule has 2 aromatic rings. The molecule has 7 nitrogen and oxygen atoms in total. The Labute approximate surface area is 195 Å². The number of carbonyl (C=O) groups is 2. The molecule has 1 unspecified atom stereocenters. The molecule has 3 heterocycles. The van der Waals surface area contributed by atoms with Gasteiger partial charge in [0.2, 0.25) is 5.91 Å². The van der Waals surface area contributed by atoms with E-state index < -0.39 is 23.3 Å². The first-order chi connectivity index (χ1) is 16.0.